The summed E-state index contributed by atoms with van der Waals surface area (Å²) in [6.45, 7) is 2.07. The fourth-order valence-electron chi connectivity index (χ4n) is 2.81. The molecular weight excluding hydrogens is 276 g/mol. The van der Waals surface area contributed by atoms with Gasteiger partial charge in [-0.25, -0.2) is 13.4 Å². The summed E-state index contributed by atoms with van der Waals surface area (Å²) in [4.78, 5) is 11.0. The number of aromatic nitrogens is 2. The van der Waals surface area contributed by atoms with Gasteiger partial charge in [0, 0.05) is 25.3 Å². The predicted octanol–water partition coefficient (Wildman–Crippen LogP) is 1.07. The minimum Gasteiger partial charge on any atom is -0.356 e. The molecule has 2 aliphatic rings. The van der Waals surface area contributed by atoms with E-state index in [4.69, 9.17) is 0 Å². The Balaban J connectivity index is 1.68. The molecule has 0 spiro atoms. The summed E-state index contributed by atoms with van der Waals surface area (Å²) < 4.78 is 22.9. The second-order valence-corrected chi connectivity index (χ2v) is 7.76. The summed E-state index contributed by atoms with van der Waals surface area (Å²) in [6, 6.07) is 1.86. The van der Waals surface area contributed by atoms with Gasteiger partial charge in [-0.05, 0) is 31.7 Å². The number of rotatable bonds is 3. The first-order valence-corrected chi connectivity index (χ1v) is 8.99. The highest BCUT2D eigenvalue weighted by atomic mass is 32.2. The van der Waals surface area contributed by atoms with E-state index in [0.717, 1.165) is 18.9 Å². The van der Waals surface area contributed by atoms with E-state index in [9.17, 15) is 8.42 Å². The lowest BCUT2D eigenvalue weighted by Crippen LogP contribution is -2.30. The van der Waals surface area contributed by atoms with Crippen LogP contribution in [0, 0.1) is 0 Å². The number of nitrogens with zero attached hydrogens (tertiary/aromatic N) is 3. The first-order valence-electron chi connectivity index (χ1n) is 7.17. The van der Waals surface area contributed by atoms with Crippen LogP contribution in [0.1, 0.15) is 25.7 Å². The number of anilines is 2. The van der Waals surface area contributed by atoms with Gasteiger partial charge in [-0.3, -0.25) is 0 Å². The highest BCUT2D eigenvalue weighted by Gasteiger charge is 2.28. The molecule has 20 heavy (non-hydrogen) atoms. The van der Waals surface area contributed by atoms with Gasteiger partial charge in [0.15, 0.2) is 9.84 Å². The molecule has 3 heterocycles. The van der Waals surface area contributed by atoms with Crippen molar-refractivity contribution in [3.63, 3.8) is 0 Å². The topological polar surface area (TPSA) is 75.2 Å². The van der Waals surface area contributed by atoms with Crippen LogP contribution in [0.2, 0.25) is 0 Å². The maximum atomic E-state index is 11.5. The van der Waals surface area contributed by atoms with E-state index in [0.29, 0.717) is 12.4 Å². The maximum absolute atomic E-state index is 11.5. The molecule has 3 rings (SSSR count). The average molecular weight is 296 g/mol. The summed E-state index contributed by atoms with van der Waals surface area (Å²) in [6.07, 6.45) is 6.07. The second-order valence-electron chi connectivity index (χ2n) is 5.53. The van der Waals surface area contributed by atoms with Crippen molar-refractivity contribution in [3.05, 3.63) is 12.3 Å². The summed E-state index contributed by atoms with van der Waals surface area (Å²) in [5.41, 5.74) is 0. The number of hydrogen-bond acceptors (Lipinski definition) is 6. The Hall–Kier alpha value is -1.37. The minimum atomic E-state index is -2.87. The maximum Gasteiger partial charge on any atom is 0.224 e. The molecule has 0 aliphatic carbocycles. The Morgan fingerprint density at radius 3 is 2.75 bits per heavy atom. The molecule has 1 aromatic rings. The molecule has 0 saturated carbocycles. The minimum absolute atomic E-state index is 0.0587. The quantitative estimate of drug-likeness (QED) is 0.899. The van der Waals surface area contributed by atoms with Crippen molar-refractivity contribution >= 4 is 21.6 Å². The van der Waals surface area contributed by atoms with Crippen molar-refractivity contribution in [2.24, 2.45) is 0 Å². The van der Waals surface area contributed by atoms with Crippen LogP contribution in [0.5, 0.6) is 0 Å². The molecule has 6 nitrogen and oxygen atoms in total. The fraction of sp³-hybridized carbons (Fsp3) is 0.692. The molecule has 1 N–H and O–H groups in total. The number of piperidine rings is 1. The fourth-order valence-corrected chi connectivity index (χ4v) is 4.48. The Morgan fingerprint density at radius 2 is 2.05 bits per heavy atom. The highest BCUT2D eigenvalue weighted by Crippen LogP contribution is 2.20. The van der Waals surface area contributed by atoms with Crippen molar-refractivity contribution in [3.8, 4) is 0 Å². The lowest BCUT2D eigenvalue weighted by Gasteiger charge is -2.27. The van der Waals surface area contributed by atoms with Gasteiger partial charge in [0.25, 0.3) is 0 Å². The van der Waals surface area contributed by atoms with Gasteiger partial charge in [-0.2, -0.15) is 4.98 Å². The van der Waals surface area contributed by atoms with Crippen molar-refractivity contribution in [1.82, 2.24) is 9.97 Å². The lowest BCUT2D eigenvalue weighted by atomic mass is 10.1. The van der Waals surface area contributed by atoms with Gasteiger partial charge in [0.05, 0.1) is 11.5 Å². The van der Waals surface area contributed by atoms with Crippen LogP contribution in [-0.2, 0) is 9.84 Å². The van der Waals surface area contributed by atoms with Gasteiger partial charge in [-0.1, -0.05) is 0 Å². The van der Waals surface area contributed by atoms with Crippen LogP contribution in [-0.4, -0.2) is 49.0 Å². The molecule has 0 bridgehead atoms. The zero-order valence-corrected chi connectivity index (χ0v) is 12.3. The predicted molar refractivity (Wildman–Crippen MR) is 78.8 cm³/mol. The van der Waals surface area contributed by atoms with Gasteiger partial charge >= 0.3 is 0 Å². The molecule has 2 saturated heterocycles. The molecule has 0 amide bonds. The van der Waals surface area contributed by atoms with E-state index in [1.54, 1.807) is 6.20 Å². The molecule has 1 atom stereocenters. The van der Waals surface area contributed by atoms with Crippen molar-refractivity contribution in [2.75, 3.05) is 34.8 Å². The van der Waals surface area contributed by atoms with Crippen molar-refractivity contribution in [1.29, 1.82) is 0 Å². The van der Waals surface area contributed by atoms with Gasteiger partial charge < -0.3 is 10.2 Å². The largest absolute Gasteiger partial charge is 0.356 e. The third kappa shape index (κ3) is 3.20. The van der Waals surface area contributed by atoms with Crippen LogP contribution in [0.15, 0.2) is 12.3 Å². The molecule has 7 heteroatoms. The smallest absolute Gasteiger partial charge is 0.224 e. The van der Waals surface area contributed by atoms with Crippen molar-refractivity contribution in [2.45, 2.75) is 31.7 Å². The molecular formula is C13H20N4O2S. The van der Waals surface area contributed by atoms with E-state index in [-0.39, 0.29) is 17.5 Å². The Bertz CT molecular complexity index is 569. The van der Waals surface area contributed by atoms with E-state index in [1.807, 2.05) is 6.07 Å². The van der Waals surface area contributed by atoms with Crippen molar-refractivity contribution < 1.29 is 8.42 Å². The Labute approximate surface area is 119 Å². The molecule has 0 radical (unpaired) electrons. The molecule has 1 unspecified atom stereocenters. The summed E-state index contributed by atoms with van der Waals surface area (Å²) in [7, 11) is -2.87. The molecule has 1 aromatic heterocycles. The average Bonchev–Trinajstić information content (AvgIpc) is 2.79. The van der Waals surface area contributed by atoms with E-state index in [2.05, 4.69) is 20.2 Å². The zero-order valence-electron chi connectivity index (χ0n) is 11.5. The highest BCUT2D eigenvalue weighted by molar-refractivity contribution is 7.91. The zero-order chi connectivity index (χ0) is 14.0. The normalized spacial score (nSPS) is 25.6. The lowest BCUT2D eigenvalue weighted by molar-refractivity contribution is 0.573. The van der Waals surface area contributed by atoms with Crippen LogP contribution >= 0.6 is 0 Å². The monoisotopic (exact) mass is 296 g/mol. The summed E-state index contributed by atoms with van der Waals surface area (Å²) in [5, 5.41) is 3.15. The Morgan fingerprint density at radius 1 is 1.25 bits per heavy atom. The standard InChI is InChI=1S/C13H20N4O2S/c18-20(19)9-5-11(10-20)15-13-14-6-4-12(16-13)17-7-2-1-3-8-17/h4,6,11H,1-3,5,7-10H2,(H,14,15,16). The van der Waals surface area contributed by atoms with E-state index in [1.165, 1.54) is 19.3 Å². The number of sulfone groups is 1. The van der Waals surface area contributed by atoms with Crippen LogP contribution < -0.4 is 10.2 Å². The third-order valence-corrected chi connectivity index (χ3v) is 5.65. The van der Waals surface area contributed by atoms with Crippen LogP contribution in [0.4, 0.5) is 11.8 Å². The van der Waals surface area contributed by atoms with Gasteiger partial charge in [-0.15, -0.1) is 0 Å². The molecule has 0 aromatic carbocycles. The second kappa shape index (κ2) is 5.55. The van der Waals surface area contributed by atoms with E-state index < -0.39 is 9.84 Å². The van der Waals surface area contributed by atoms with Crippen LogP contribution in [0.25, 0.3) is 0 Å². The molecule has 110 valence electrons. The first kappa shape index (κ1) is 13.6. The third-order valence-electron chi connectivity index (χ3n) is 3.89. The Kier molecular flexibility index (Phi) is 3.78. The molecule has 2 aliphatic heterocycles. The number of nitrogens with one attached hydrogen (secondary N) is 1. The number of hydrogen-bond donors (Lipinski definition) is 1. The van der Waals surface area contributed by atoms with Crippen LogP contribution in [0.3, 0.4) is 0 Å². The van der Waals surface area contributed by atoms with E-state index >= 15 is 0 Å². The first-order chi connectivity index (χ1) is 9.62. The SMILES string of the molecule is O=S1(=O)CCC(Nc2nccc(N3CCCCC3)n2)C1. The van der Waals surface area contributed by atoms with Gasteiger partial charge in [0.1, 0.15) is 5.82 Å². The van der Waals surface area contributed by atoms with Gasteiger partial charge in [0.2, 0.25) is 5.95 Å². The summed E-state index contributed by atoms with van der Waals surface area (Å²) >= 11 is 0. The molecule has 2 fully saturated rings. The summed E-state index contributed by atoms with van der Waals surface area (Å²) in [5.74, 6) is 1.92.